The lowest BCUT2D eigenvalue weighted by atomic mass is 10.1. The number of carbonyl (C=O) groups is 2. The number of benzene rings is 2. The summed E-state index contributed by atoms with van der Waals surface area (Å²) in [5.41, 5.74) is 22.0. The lowest BCUT2D eigenvalue weighted by Crippen LogP contribution is -2.44. The van der Waals surface area contributed by atoms with Gasteiger partial charge >= 0.3 is 0 Å². The van der Waals surface area contributed by atoms with E-state index in [0.29, 0.717) is 24.6 Å². The van der Waals surface area contributed by atoms with Crippen molar-refractivity contribution in [1.29, 1.82) is 0 Å². The molecule has 4 rings (SSSR count). The molecule has 2 aromatic heterocycles. The summed E-state index contributed by atoms with van der Waals surface area (Å²) in [5, 5.41) is 0. The highest BCUT2D eigenvalue weighted by atomic mass is 33.1. The molecule has 0 bridgehead atoms. The zero-order valence-electron chi connectivity index (χ0n) is 37.1. The van der Waals surface area contributed by atoms with E-state index in [2.05, 4.69) is 170 Å². The van der Waals surface area contributed by atoms with Gasteiger partial charge in [0.25, 0.3) is 0 Å². The largest absolute Gasteiger partial charge is 0.375 e. The topological polar surface area (TPSA) is 107 Å². The van der Waals surface area contributed by atoms with E-state index in [-0.39, 0.29) is 11.8 Å². The van der Waals surface area contributed by atoms with E-state index in [0.717, 1.165) is 61.5 Å². The van der Waals surface area contributed by atoms with Gasteiger partial charge in [0.1, 0.15) is 13.1 Å². The van der Waals surface area contributed by atoms with Gasteiger partial charge in [0.05, 0.1) is 12.1 Å². The zero-order chi connectivity index (χ0) is 43.6. The molecular formula is C48H68N8O2S2+2. The minimum absolute atomic E-state index is 0.0827. The van der Waals surface area contributed by atoms with Gasteiger partial charge in [-0.3, -0.25) is 9.59 Å². The molecule has 0 saturated heterocycles. The summed E-state index contributed by atoms with van der Waals surface area (Å²) in [5.74, 6) is 0.730. The first-order valence-corrected chi connectivity index (χ1v) is 23.5. The van der Waals surface area contributed by atoms with E-state index in [1.165, 1.54) is 44.1 Å². The van der Waals surface area contributed by atoms with Crippen LogP contribution in [0.15, 0.2) is 85.2 Å². The van der Waals surface area contributed by atoms with Crippen LogP contribution in [0.2, 0.25) is 0 Å². The summed E-state index contributed by atoms with van der Waals surface area (Å²) in [6, 6.07) is 24.5. The van der Waals surface area contributed by atoms with Gasteiger partial charge in [-0.25, -0.2) is 9.13 Å². The lowest BCUT2D eigenvalue weighted by molar-refractivity contribution is -0.699. The molecule has 12 heteroatoms. The van der Waals surface area contributed by atoms with E-state index in [1.54, 1.807) is 9.80 Å². The number of anilines is 2. The van der Waals surface area contributed by atoms with Crippen LogP contribution >= 0.6 is 21.6 Å². The maximum absolute atomic E-state index is 13.0. The number of aromatic nitrogens is 2. The van der Waals surface area contributed by atoms with Crippen molar-refractivity contribution in [2.45, 2.75) is 65.7 Å². The predicted octanol–water partition coefficient (Wildman–Crippen LogP) is 6.56. The summed E-state index contributed by atoms with van der Waals surface area (Å²) in [6.07, 6.45) is 14.5. The minimum Gasteiger partial charge on any atom is -0.375 e. The van der Waals surface area contributed by atoms with Crippen LogP contribution in [0.4, 0.5) is 11.4 Å². The van der Waals surface area contributed by atoms with E-state index in [9.17, 15) is 9.59 Å². The SMILES string of the molecule is CC[n+]1ccc(C=Cc2ccc(N(C)CCCN(C)C(=O)C(N)CSSCC(N)C(=O)N(C)CCCN(C)c3ccc(C=Cc4cc[n+](CC)c(C)c4)cc3)cc2)cc1C. The van der Waals surface area contributed by atoms with Gasteiger partial charge < -0.3 is 31.1 Å². The highest BCUT2D eigenvalue weighted by molar-refractivity contribution is 8.76. The molecule has 0 radical (unpaired) electrons. The Bertz CT molecular complexity index is 1880. The van der Waals surface area contributed by atoms with E-state index in [1.807, 2.05) is 14.1 Å². The summed E-state index contributed by atoms with van der Waals surface area (Å²) in [6.45, 7) is 13.3. The maximum atomic E-state index is 13.0. The van der Waals surface area contributed by atoms with Crippen LogP contribution in [-0.2, 0) is 22.7 Å². The Hall–Kier alpha value is -4.62. The quantitative estimate of drug-likeness (QED) is 0.0491. The predicted molar refractivity (Wildman–Crippen MR) is 257 cm³/mol. The van der Waals surface area contributed by atoms with Crippen LogP contribution in [0.3, 0.4) is 0 Å². The molecule has 10 nitrogen and oxygen atoms in total. The molecule has 4 N–H and O–H groups in total. The van der Waals surface area contributed by atoms with Crippen molar-refractivity contribution in [2.75, 3.05) is 75.7 Å². The van der Waals surface area contributed by atoms with Crippen LogP contribution in [0.1, 0.15) is 60.3 Å². The third kappa shape index (κ3) is 15.1. The Morgan fingerprint density at radius 3 is 1.25 bits per heavy atom. The number of hydrogen-bond acceptors (Lipinski definition) is 8. The number of aryl methyl sites for hydroxylation is 4. The van der Waals surface area contributed by atoms with Crippen LogP contribution in [0, 0.1) is 13.8 Å². The molecular weight excluding hydrogens is 785 g/mol. The van der Waals surface area contributed by atoms with Gasteiger partial charge in [-0.05, 0) is 73.2 Å². The van der Waals surface area contributed by atoms with Crippen molar-refractivity contribution in [3.8, 4) is 0 Å². The molecule has 2 heterocycles. The zero-order valence-corrected chi connectivity index (χ0v) is 38.7. The van der Waals surface area contributed by atoms with Crippen molar-refractivity contribution >= 4 is 69.1 Å². The minimum atomic E-state index is -0.621. The molecule has 0 fully saturated rings. The Kier molecular flexibility index (Phi) is 19.7. The molecule has 2 atom stereocenters. The third-order valence-electron chi connectivity index (χ3n) is 10.8. The molecule has 0 aliphatic rings. The number of rotatable bonds is 23. The van der Waals surface area contributed by atoms with Crippen molar-refractivity contribution < 1.29 is 18.7 Å². The Labute approximate surface area is 367 Å². The van der Waals surface area contributed by atoms with Crippen LogP contribution in [0.5, 0.6) is 0 Å². The number of nitrogens with two attached hydrogens (primary N) is 2. The van der Waals surface area contributed by atoms with Gasteiger partial charge in [-0.1, -0.05) is 70.2 Å². The summed E-state index contributed by atoms with van der Waals surface area (Å²) >= 11 is 0. The van der Waals surface area contributed by atoms with Crippen LogP contribution in [-0.4, -0.2) is 99.6 Å². The highest BCUT2D eigenvalue weighted by Crippen LogP contribution is 2.23. The first-order chi connectivity index (χ1) is 28.8. The molecule has 2 unspecified atom stereocenters. The second-order valence-electron chi connectivity index (χ2n) is 15.5. The van der Waals surface area contributed by atoms with E-state index >= 15 is 0 Å². The van der Waals surface area contributed by atoms with E-state index in [4.69, 9.17) is 11.5 Å². The molecule has 0 saturated carbocycles. The number of pyridine rings is 2. The van der Waals surface area contributed by atoms with Gasteiger partial charge in [-0.15, -0.1) is 0 Å². The molecule has 0 aliphatic carbocycles. The highest BCUT2D eigenvalue weighted by Gasteiger charge is 2.21. The van der Waals surface area contributed by atoms with Crippen molar-refractivity contribution in [3.63, 3.8) is 0 Å². The summed E-state index contributed by atoms with van der Waals surface area (Å²) in [7, 11) is 10.7. The standard InChI is InChI=1S/C48H68N8O2S2/c1-9-55-31-25-41(33-37(55)3)15-13-39-17-21-43(22-18-39)51(5)27-11-29-53(7)47(57)45(49)35-59-60-36-46(50)48(58)54(8)30-12-28-52(6)44-23-19-40(20-24-44)14-16-42-26-32-56(10-2)38(4)34-42/h13-26,31-34,45-46H,9-12,27-30,35-36,49-50H2,1-8H3/q+2. The molecule has 2 aromatic carbocycles. The number of nitrogens with zero attached hydrogens (tertiary/aromatic N) is 6. The third-order valence-corrected chi connectivity index (χ3v) is 13.2. The molecule has 60 heavy (non-hydrogen) atoms. The fourth-order valence-electron chi connectivity index (χ4n) is 6.83. The van der Waals surface area contributed by atoms with Crippen LogP contribution < -0.4 is 30.4 Å². The molecule has 0 spiro atoms. The van der Waals surface area contributed by atoms with Crippen molar-refractivity contribution in [3.05, 3.63) is 119 Å². The first-order valence-electron chi connectivity index (χ1n) is 21.0. The summed E-state index contributed by atoms with van der Waals surface area (Å²) in [4.78, 5) is 33.8. The number of likely N-dealkylation sites (N-methyl/N-ethyl adjacent to an activating group) is 2. The average molecular weight is 853 g/mol. The smallest absolute Gasteiger partial charge is 0.240 e. The number of hydrogen-bond donors (Lipinski definition) is 2. The molecule has 2 amide bonds. The molecule has 322 valence electrons. The fraction of sp³-hybridized carbons (Fsp3) is 0.417. The second kappa shape index (κ2) is 24.6. The molecule has 4 aromatic rings. The van der Waals surface area contributed by atoms with Crippen LogP contribution in [0.25, 0.3) is 24.3 Å². The average Bonchev–Trinajstić information content (AvgIpc) is 3.25. The summed E-state index contributed by atoms with van der Waals surface area (Å²) < 4.78 is 4.45. The Morgan fingerprint density at radius 1 is 0.567 bits per heavy atom. The molecule has 0 aliphatic heterocycles. The van der Waals surface area contributed by atoms with Crippen molar-refractivity contribution in [2.24, 2.45) is 11.5 Å². The van der Waals surface area contributed by atoms with E-state index < -0.39 is 12.1 Å². The monoisotopic (exact) mass is 852 g/mol. The van der Waals surface area contributed by atoms with Gasteiger partial charge in [0.15, 0.2) is 23.8 Å². The lowest BCUT2D eigenvalue weighted by Gasteiger charge is -2.24. The fourth-order valence-corrected chi connectivity index (χ4v) is 9.06. The number of carbonyl (C=O) groups excluding carboxylic acids is 2. The Morgan fingerprint density at radius 2 is 0.917 bits per heavy atom. The second-order valence-corrected chi connectivity index (χ2v) is 18.0. The van der Waals surface area contributed by atoms with Crippen molar-refractivity contribution in [1.82, 2.24) is 9.80 Å². The first kappa shape index (κ1) is 48.1. The number of amides is 2. The van der Waals surface area contributed by atoms with Gasteiger partial charge in [0.2, 0.25) is 11.8 Å². The van der Waals surface area contributed by atoms with Gasteiger partial charge in [-0.2, -0.15) is 0 Å². The maximum Gasteiger partial charge on any atom is 0.240 e. The Balaban J connectivity index is 1.07. The normalized spacial score (nSPS) is 12.5. The van der Waals surface area contributed by atoms with Gasteiger partial charge in [0, 0.05) is 115 Å².